The van der Waals surface area contributed by atoms with Gasteiger partial charge in [0.2, 0.25) is 5.52 Å². The van der Waals surface area contributed by atoms with Crippen LogP contribution in [0.2, 0.25) is 0 Å². The van der Waals surface area contributed by atoms with Crippen LogP contribution < -0.4 is 0 Å². The fourth-order valence-electron chi connectivity index (χ4n) is 0.877. The van der Waals surface area contributed by atoms with E-state index in [0.29, 0.717) is 0 Å². The molecule has 2 rings (SSSR count). The number of rotatable bonds is 1. The summed E-state index contributed by atoms with van der Waals surface area (Å²) in [6.07, 6.45) is 0. The Kier molecular flexibility index (Phi) is 1.26. The van der Waals surface area contributed by atoms with Gasteiger partial charge in [0.05, 0.1) is 4.92 Å². The third kappa shape index (κ3) is 0.815. The van der Waals surface area contributed by atoms with Crippen molar-refractivity contribution in [2.45, 2.75) is 0 Å². The topological polar surface area (TPSA) is 82.1 Å². The van der Waals surface area contributed by atoms with E-state index in [0.717, 1.165) is 0 Å². The number of nitro benzene ring substituents is 1. The number of non-ortho nitro benzene ring substituents is 1. The number of hydrogen-bond acceptors (Lipinski definition) is 5. The van der Waals surface area contributed by atoms with Crippen molar-refractivity contribution in [2.75, 3.05) is 0 Å². The zero-order chi connectivity index (χ0) is 8.55. The van der Waals surface area contributed by atoms with E-state index in [1.807, 2.05) is 0 Å². The van der Waals surface area contributed by atoms with E-state index in [1.54, 1.807) is 0 Å². The summed E-state index contributed by atoms with van der Waals surface area (Å²) in [6, 6.07) is 5.36. The molecule has 0 bridgehead atoms. The number of hydrogen-bond donors (Lipinski definition) is 0. The first kappa shape index (κ1) is 6.71. The Morgan fingerprint density at radius 3 is 3.17 bits per heavy atom. The van der Waals surface area contributed by atoms with Crippen molar-refractivity contribution in [3.05, 3.63) is 28.3 Å². The predicted octanol–water partition coefficient (Wildman–Crippen LogP) is 0.931. The van der Waals surface area contributed by atoms with Gasteiger partial charge < -0.3 is 0 Å². The maximum absolute atomic E-state index is 10.4. The number of fused-ring (bicyclic) bond motifs is 1. The van der Waals surface area contributed by atoms with E-state index in [2.05, 4.69) is 21.0 Å². The molecule has 1 heterocycles. The maximum Gasteiger partial charge on any atom is 0.300 e. The molecule has 0 atom stereocenters. The van der Waals surface area contributed by atoms with Crippen molar-refractivity contribution in [2.24, 2.45) is 0 Å². The molecule has 0 aliphatic carbocycles. The largest absolute Gasteiger partial charge is 0.300 e. The van der Waals surface area contributed by atoms with Gasteiger partial charge in [-0.3, -0.25) is 10.1 Å². The van der Waals surface area contributed by atoms with E-state index < -0.39 is 4.92 Å². The molecule has 0 unspecified atom stereocenters. The Balaban J connectivity index is 2.82. The van der Waals surface area contributed by atoms with Crippen molar-refractivity contribution in [1.82, 2.24) is 10.3 Å². The van der Waals surface area contributed by atoms with E-state index in [1.165, 1.54) is 12.1 Å². The van der Waals surface area contributed by atoms with Crippen LogP contribution in [-0.2, 0) is 0 Å². The van der Waals surface area contributed by atoms with Gasteiger partial charge in [-0.15, -0.1) is 0 Å². The van der Waals surface area contributed by atoms with Crippen LogP contribution in [0.15, 0.2) is 16.8 Å². The smallest absolute Gasteiger partial charge is 0.258 e. The summed E-state index contributed by atoms with van der Waals surface area (Å²) in [5.74, 6) is 0. The molecule has 1 radical (unpaired) electrons. The second kappa shape index (κ2) is 2.26. The van der Waals surface area contributed by atoms with Crippen molar-refractivity contribution < 1.29 is 9.55 Å². The first-order valence-corrected chi connectivity index (χ1v) is 3.06. The van der Waals surface area contributed by atoms with Crippen molar-refractivity contribution in [3.8, 4) is 0 Å². The van der Waals surface area contributed by atoms with Gasteiger partial charge in [0.1, 0.15) is 5.52 Å². The highest BCUT2D eigenvalue weighted by atomic mass is 16.6. The molecule has 1 aromatic heterocycles. The fraction of sp³-hybridized carbons (Fsp3) is 0. The van der Waals surface area contributed by atoms with Crippen LogP contribution in [0.25, 0.3) is 11.0 Å². The average Bonchev–Trinajstić information content (AvgIpc) is 2.49. The van der Waals surface area contributed by atoms with Gasteiger partial charge in [-0.25, -0.2) is 4.63 Å². The Morgan fingerprint density at radius 1 is 1.58 bits per heavy atom. The molecule has 1 aromatic carbocycles. The van der Waals surface area contributed by atoms with Gasteiger partial charge in [-0.1, -0.05) is 0 Å². The molecule has 6 nitrogen and oxygen atoms in total. The van der Waals surface area contributed by atoms with E-state index >= 15 is 0 Å². The molecule has 0 spiro atoms. The molecule has 0 aliphatic rings. The fourth-order valence-corrected chi connectivity index (χ4v) is 0.877. The van der Waals surface area contributed by atoms with Crippen molar-refractivity contribution in [1.29, 1.82) is 0 Å². The minimum absolute atomic E-state index is 0.120. The molecule has 59 valence electrons. The molecule has 0 saturated heterocycles. The first-order chi connectivity index (χ1) is 5.79. The van der Waals surface area contributed by atoms with Crippen LogP contribution in [0.5, 0.6) is 0 Å². The molecule has 6 heteroatoms. The minimum atomic E-state index is -0.541. The Hall–Kier alpha value is -1.98. The number of nitro groups is 1. The Bertz CT molecular complexity index is 436. The molecule has 12 heavy (non-hydrogen) atoms. The van der Waals surface area contributed by atoms with Gasteiger partial charge >= 0.3 is 5.69 Å². The van der Waals surface area contributed by atoms with E-state index in [-0.39, 0.29) is 16.7 Å². The molecular formula is C6H2N3O3. The number of benzene rings is 1. The van der Waals surface area contributed by atoms with Gasteiger partial charge in [-0.2, -0.15) is 0 Å². The second-order valence-corrected chi connectivity index (χ2v) is 2.08. The molecule has 0 N–H and O–H groups in total. The van der Waals surface area contributed by atoms with E-state index in [9.17, 15) is 10.1 Å². The van der Waals surface area contributed by atoms with Crippen LogP contribution in [-0.4, -0.2) is 15.2 Å². The minimum Gasteiger partial charge on any atom is -0.258 e. The van der Waals surface area contributed by atoms with E-state index in [4.69, 9.17) is 0 Å². The van der Waals surface area contributed by atoms with Crippen LogP contribution in [0, 0.1) is 16.2 Å². The normalized spacial score (nSPS) is 10.3. The summed E-state index contributed by atoms with van der Waals surface area (Å²) < 4.78 is 4.32. The summed E-state index contributed by atoms with van der Waals surface area (Å²) in [6.45, 7) is 0. The highest BCUT2D eigenvalue weighted by Crippen LogP contribution is 2.20. The third-order valence-electron chi connectivity index (χ3n) is 1.39. The molecular weight excluding hydrogens is 162 g/mol. The van der Waals surface area contributed by atoms with Gasteiger partial charge in [-0.05, 0) is 16.4 Å². The lowest BCUT2D eigenvalue weighted by molar-refractivity contribution is -0.383. The highest BCUT2D eigenvalue weighted by molar-refractivity contribution is 5.82. The summed E-state index contributed by atoms with van der Waals surface area (Å²) in [7, 11) is 0. The van der Waals surface area contributed by atoms with Crippen LogP contribution >= 0.6 is 0 Å². The Labute approximate surface area is 65.9 Å². The zero-order valence-corrected chi connectivity index (χ0v) is 5.72. The van der Waals surface area contributed by atoms with Gasteiger partial charge in [0.25, 0.3) is 0 Å². The summed E-state index contributed by atoms with van der Waals surface area (Å²) in [5, 5.41) is 17.2. The summed E-state index contributed by atoms with van der Waals surface area (Å²) >= 11 is 0. The third-order valence-corrected chi connectivity index (χ3v) is 1.39. The lowest BCUT2D eigenvalue weighted by Gasteiger charge is -1.87. The van der Waals surface area contributed by atoms with Crippen LogP contribution in [0.3, 0.4) is 0 Å². The average molecular weight is 164 g/mol. The van der Waals surface area contributed by atoms with Crippen LogP contribution in [0.4, 0.5) is 5.69 Å². The molecule has 0 fully saturated rings. The van der Waals surface area contributed by atoms with Crippen LogP contribution in [0.1, 0.15) is 0 Å². The van der Waals surface area contributed by atoms with Gasteiger partial charge in [0.15, 0.2) is 0 Å². The lowest BCUT2D eigenvalue weighted by atomic mass is 10.3. The quantitative estimate of drug-likeness (QED) is 0.462. The Morgan fingerprint density at radius 2 is 2.42 bits per heavy atom. The first-order valence-electron chi connectivity index (χ1n) is 3.06. The highest BCUT2D eigenvalue weighted by Gasteiger charge is 2.15. The van der Waals surface area contributed by atoms with Crippen molar-refractivity contribution in [3.63, 3.8) is 0 Å². The summed E-state index contributed by atoms with van der Waals surface area (Å²) in [5.41, 5.74) is 0.275. The monoisotopic (exact) mass is 164 g/mol. The molecule has 2 aromatic rings. The SMILES string of the molecule is O=[N+]([O-])c1cc[c]c2nonc12. The lowest BCUT2D eigenvalue weighted by Crippen LogP contribution is -1.88. The zero-order valence-electron chi connectivity index (χ0n) is 5.72. The van der Waals surface area contributed by atoms with Gasteiger partial charge in [0, 0.05) is 12.1 Å². The number of nitrogens with zero attached hydrogens (tertiary/aromatic N) is 3. The second-order valence-electron chi connectivity index (χ2n) is 2.08. The number of aromatic nitrogens is 2. The summed E-state index contributed by atoms with van der Waals surface area (Å²) in [4.78, 5) is 9.85. The molecule has 0 aliphatic heterocycles. The molecule has 0 saturated carbocycles. The van der Waals surface area contributed by atoms with Crippen molar-refractivity contribution >= 4 is 16.7 Å². The predicted molar refractivity (Wildman–Crippen MR) is 37.3 cm³/mol. The standard InChI is InChI=1S/C6H2N3O3/c10-9(11)5-3-1-2-4-6(5)8-12-7-4/h1,3H. The molecule has 0 amide bonds. The maximum atomic E-state index is 10.4.